The third kappa shape index (κ3) is 3.61. The van der Waals surface area contributed by atoms with Crippen LogP contribution in [0, 0.1) is 15.9 Å². The quantitative estimate of drug-likeness (QED) is 0.541. The summed E-state index contributed by atoms with van der Waals surface area (Å²) in [5, 5.41) is 15.9. The van der Waals surface area contributed by atoms with Crippen LogP contribution in [0.4, 0.5) is 20.6 Å². The number of para-hydroxylation sites is 1. The molecule has 2 aromatic carbocycles. The van der Waals surface area contributed by atoms with Crippen molar-refractivity contribution in [2.24, 2.45) is 7.05 Å². The number of halogens is 1. The number of benzene rings is 2. The number of rotatable bonds is 5. The molecule has 8 nitrogen and oxygen atoms in total. The molecule has 3 rings (SSSR count). The van der Waals surface area contributed by atoms with Crippen LogP contribution in [0.5, 0.6) is 0 Å². The van der Waals surface area contributed by atoms with Gasteiger partial charge in [-0.3, -0.25) is 10.1 Å². The van der Waals surface area contributed by atoms with E-state index in [1.807, 2.05) is 0 Å². The lowest BCUT2D eigenvalue weighted by atomic mass is 10.3. The highest BCUT2D eigenvalue weighted by molar-refractivity contribution is 5.89. The van der Waals surface area contributed by atoms with Crippen LogP contribution >= 0.6 is 0 Å². The van der Waals surface area contributed by atoms with Crippen LogP contribution in [0.25, 0.3) is 11.0 Å². The highest BCUT2D eigenvalue weighted by Crippen LogP contribution is 2.18. The molecule has 2 amide bonds. The van der Waals surface area contributed by atoms with Crippen LogP contribution in [0.1, 0.15) is 5.82 Å². The molecule has 0 aliphatic heterocycles. The first-order chi connectivity index (χ1) is 12.5. The van der Waals surface area contributed by atoms with E-state index in [0.717, 1.165) is 0 Å². The number of carbonyl (C=O) groups excluding carboxylic acids is 1. The van der Waals surface area contributed by atoms with E-state index in [9.17, 15) is 19.3 Å². The Kier molecular flexibility index (Phi) is 4.78. The van der Waals surface area contributed by atoms with Crippen molar-refractivity contribution in [2.75, 3.05) is 11.9 Å². The molecule has 1 aromatic heterocycles. The Balaban J connectivity index is 1.59. The maximum atomic E-state index is 13.8. The van der Waals surface area contributed by atoms with Crippen LogP contribution in [-0.2, 0) is 13.5 Å². The molecular formula is C17H16FN5O3. The van der Waals surface area contributed by atoms with Gasteiger partial charge in [0, 0.05) is 37.8 Å². The number of nitro benzene ring substituents is 1. The number of non-ortho nitro benzene ring substituents is 1. The highest BCUT2D eigenvalue weighted by Gasteiger charge is 2.12. The molecule has 3 aromatic rings. The van der Waals surface area contributed by atoms with Crippen molar-refractivity contribution < 1.29 is 14.1 Å². The van der Waals surface area contributed by atoms with Gasteiger partial charge in [-0.25, -0.2) is 14.2 Å². The molecule has 0 saturated heterocycles. The van der Waals surface area contributed by atoms with Crippen molar-refractivity contribution in [3.05, 3.63) is 64.2 Å². The zero-order valence-corrected chi connectivity index (χ0v) is 13.9. The van der Waals surface area contributed by atoms with Crippen LogP contribution in [0.3, 0.4) is 0 Å². The largest absolute Gasteiger partial charge is 0.337 e. The molecule has 0 aliphatic rings. The highest BCUT2D eigenvalue weighted by atomic mass is 19.1. The van der Waals surface area contributed by atoms with Gasteiger partial charge >= 0.3 is 6.03 Å². The summed E-state index contributed by atoms with van der Waals surface area (Å²) in [6, 6.07) is 9.91. The number of carbonyl (C=O) groups is 1. The second-order valence-electron chi connectivity index (χ2n) is 5.63. The third-order valence-corrected chi connectivity index (χ3v) is 3.90. The molecule has 0 radical (unpaired) electrons. The Morgan fingerprint density at radius 1 is 1.31 bits per heavy atom. The predicted molar refractivity (Wildman–Crippen MR) is 94.5 cm³/mol. The van der Waals surface area contributed by atoms with Crippen molar-refractivity contribution in [3.8, 4) is 0 Å². The second-order valence-corrected chi connectivity index (χ2v) is 5.63. The van der Waals surface area contributed by atoms with E-state index >= 15 is 0 Å². The molecular weight excluding hydrogens is 341 g/mol. The number of hydrogen-bond acceptors (Lipinski definition) is 4. The first-order valence-corrected chi connectivity index (χ1v) is 7.85. The topological polar surface area (TPSA) is 102 Å². The summed E-state index contributed by atoms with van der Waals surface area (Å²) in [6.07, 6.45) is 0.410. The molecule has 9 heteroatoms. The molecule has 26 heavy (non-hydrogen) atoms. The minimum atomic E-state index is -0.534. The molecule has 0 unspecified atom stereocenters. The zero-order valence-electron chi connectivity index (χ0n) is 13.9. The van der Waals surface area contributed by atoms with Gasteiger partial charge in [0.25, 0.3) is 5.69 Å². The number of hydrogen-bond donors (Lipinski definition) is 2. The van der Waals surface area contributed by atoms with Gasteiger partial charge < -0.3 is 15.2 Å². The maximum absolute atomic E-state index is 13.8. The van der Waals surface area contributed by atoms with Gasteiger partial charge in [-0.2, -0.15) is 0 Å². The Bertz CT molecular complexity index is 986. The molecule has 134 valence electrons. The zero-order chi connectivity index (χ0) is 18.7. The third-order valence-electron chi connectivity index (χ3n) is 3.90. The second kappa shape index (κ2) is 7.18. The number of nitrogens with zero attached hydrogens (tertiary/aromatic N) is 3. The SMILES string of the molecule is Cn1c(CCNC(=O)Nc2cccc([N+](=O)[O-])c2)nc2c(F)cccc21. The summed E-state index contributed by atoms with van der Waals surface area (Å²) in [4.78, 5) is 26.4. The summed E-state index contributed by atoms with van der Waals surface area (Å²) < 4.78 is 15.5. The van der Waals surface area contributed by atoms with Gasteiger partial charge in [-0.05, 0) is 18.2 Å². The standard InChI is InChI=1S/C17H16FN5O3/c1-22-14-7-3-6-13(18)16(14)21-15(22)8-9-19-17(24)20-11-4-2-5-12(10-11)23(25)26/h2-7,10H,8-9H2,1H3,(H2,19,20,24). The van der Waals surface area contributed by atoms with Crippen molar-refractivity contribution in [1.82, 2.24) is 14.9 Å². The summed E-state index contributed by atoms with van der Waals surface area (Å²) in [6.45, 7) is 0.277. The summed E-state index contributed by atoms with van der Waals surface area (Å²) in [7, 11) is 1.78. The smallest absolute Gasteiger partial charge is 0.319 e. The van der Waals surface area contributed by atoms with Gasteiger partial charge in [0.15, 0.2) is 5.82 Å². The molecule has 0 atom stereocenters. The number of aromatic nitrogens is 2. The Morgan fingerprint density at radius 3 is 2.81 bits per heavy atom. The van der Waals surface area contributed by atoms with Gasteiger partial charge in [0.05, 0.1) is 10.4 Å². The van der Waals surface area contributed by atoms with Gasteiger partial charge in [-0.1, -0.05) is 12.1 Å². The monoisotopic (exact) mass is 357 g/mol. The Labute approximate surface area is 147 Å². The van der Waals surface area contributed by atoms with E-state index in [1.165, 1.54) is 24.3 Å². The molecule has 0 spiro atoms. The molecule has 2 N–H and O–H groups in total. The lowest BCUT2D eigenvalue weighted by Crippen LogP contribution is -2.30. The van der Waals surface area contributed by atoms with Crippen molar-refractivity contribution in [3.63, 3.8) is 0 Å². The van der Waals surface area contributed by atoms with Crippen LogP contribution in [-0.4, -0.2) is 27.1 Å². The van der Waals surface area contributed by atoms with E-state index < -0.39 is 11.0 Å². The van der Waals surface area contributed by atoms with Crippen molar-refractivity contribution in [2.45, 2.75) is 6.42 Å². The number of urea groups is 1. The van der Waals surface area contributed by atoms with E-state index in [2.05, 4.69) is 15.6 Å². The average Bonchev–Trinajstić information content (AvgIpc) is 2.93. The minimum absolute atomic E-state index is 0.107. The molecule has 1 heterocycles. The molecule has 0 aliphatic carbocycles. The summed E-state index contributed by atoms with van der Waals surface area (Å²) in [5.41, 5.74) is 1.19. The number of anilines is 1. The molecule has 0 bridgehead atoms. The number of fused-ring (bicyclic) bond motifs is 1. The Morgan fingerprint density at radius 2 is 2.08 bits per heavy atom. The van der Waals surface area contributed by atoms with Gasteiger partial charge in [0.1, 0.15) is 11.3 Å². The fourth-order valence-electron chi connectivity index (χ4n) is 2.61. The number of nitro groups is 1. The first kappa shape index (κ1) is 17.3. The fourth-order valence-corrected chi connectivity index (χ4v) is 2.61. The van der Waals surface area contributed by atoms with Crippen LogP contribution in [0.15, 0.2) is 42.5 Å². The number of nitrogens with one attached hydrogen (secondary N) is 2. The maximum Gasteiger partial charge on any atom is 0.319 e. The minimum Gasteiger partial charge on any atom is -0.337 e. The summed E-state index contributed by atoms with van der Waals surface area (Å²) in [5.74, 6) is 0.251. The Hall–Kier alpha value is -3.49. The predicted octanol–water partition coefficient (Wildman–Crippen LogP) is 2.98. The first-order valence-electron chi connectivity index (χ1n) is 7.85. The van der Waals surface area contributed by atoms with E-state index in [4.69, 9.17) is 0 Å². The molecule has 0 saturated carbocycles. The van der Waals surface area contributed by atoms with Crippen LogP contribution in [0.2, 0.25) is 0 Å². The average molecular weight is 357 g/mol. The van der Waals surface area contributed by atoms with Gasteiger partial charge in [0.2, 0.25) is 0 Å². The molecule has 0 fully saturated rings. The lowest BCUT2D eigenvalue weighted by Gasteiger charge is -2.07. The van der Waals surface area contributed by atoms with Crippen molar-refractivity contribution in [1.29, 1.82) is 0 Å². The summed E-state index contributed by atoms with van der Waals surface area (Å²) >= 11 is 0. The fraction of sp³-hybridized carbons (Fsp3) is 0.176. The lowest BCUT2D eigenvalue weighted by molar-refractivity contribution is -0.384. The number of imidazole rings is 1. The van der Waals surface area contributed by atoms with E-state index in [-0.39, 0.29) is 18.0 Å². The van der Waals surface area contributed by atoms with E-state index in [0.29, 0.717) is 29.0 Å². The van der Waals surface area contributed by atoms with Crippen LogP contribution < -0.4 is 10.6 Å². The van der Waals surface area contributed by atoms with E-state index in [1.54, 1.807) is 29.8 Å². The number of aryl methyl sites for hydroxylation is 1. The number of amides is 2. The normalized spacial score (nSPS) is 10.7. The van der Waals surface area contributed by atoms with Crippen molar-refractivity contribution >= 4 is 28.4 Å². The van der Waals surface area contributed by atoms with Gasteiger partial charge in [-0.15, -0.1) is 0 Å².